The minimum absolute atomic E-state index is 0.140. The molecule has 92 valence electrons. The molecule has 0 fully saturated rings. The lowest BCUT2D eigenvalue weighted by Crippen LogP contribution is -2.32. The Morgan fingerprint density at radius 2 is 2.24 bits per heavy atom. The van der Waals surface area contributed by atoms with E-state index < -0.39 is 22.8 Å². The SMILES string of the molecule is CC(C)C(Oc1cccnc1[N+](=O)[O-])C(=O)O. The number of aromatic nitrogens is 1. The molecule has 17 heavy (non-hydrogen) atoms. The predicted octanol–water partition coefficient (Wildman–Crippen LogP) is 1.48. The molecular weight excluding hydrogens is 228 g/mol. The summed E-state index contributed by atoms with van der Waals surface area (Å²) < 4.78 is 5.13. The largest absolute Gasteiger partial charge is 0.478 e. The molecule has 0 saturated carbocycles. The lowest BCUT2D eigenvalue weighted by molar-refractivity contribution is -0.390. The molecule has 0 aromatic carbocycles. The molecule has 1 aromatic heterocycles. The molecule has 0 bridgehead atoms. The summed E-state index contributed by atoms with van der Waals surface area (Å²) in [5.74, 6) is -2.11. The van der Waals surface area contributed by atoms with Gasteiger partial charge in [-0.05, 0) is 22.0 Å². The van der Waals surface area contributed by atoms with Gasteiger partial charge in [-0.25, -0.2) is 4.79 Å². The second-order valence-corrected chi connectivity index (χ2v) is 3.70. The summed E-state index contributed by atoms with van der Waals surface area (Å²) >= 11 is 0. The van der Waals surface area contributed by atoms with Crippen LogP contribution in [0.25, 0.3) is 0 Å². The summed E-state index contributed by atoms with van der Waals surface area (Å²) in [6.45, 7) is 3.31. The van der Waals surface area contributed by atoms with Gasteiger partial charge in [-0.1, -0.05) is 13.8 Å². The summed E-state index contributed by atoms with van der Waals surface area (Å²) in [4.78, 5) is 24.4. The van der Waals surface area contributed by atoms with Crippen molar-refractivity contribution in [2.75, 3.05) is 0 Å². The normalized spacial score (nSPS) is 12.2. The van der Waals surface area contributed by atoms with Crippen LogP contribution in [0.2, 0.25) is 0 Å². The van der Waals surface area contributed by atoms with Gasteiger partial charge >= 0.3 is 11.8 Å². The highest BCUT2D eigenvalue weighted by Gasteiger charge is 2.27. The number of carbonyl (C=O) groups is 1. The first-order chi connectivity index (χ1) is 7.93. The molecule has 0 amide bonds. The number of aliphatic carboxylic acids is 1. The number of carboxylic acids is 1. The molecule has 7 nitrogen and oxygen atoms in total. The van der Waals surface area contributed by atoms with Crippen LogP contribution in [0.4, 0.5) is 5.82 Å². The van der Waals surface area contributed by atoms with Crippen molar-refractivity contribution in [3.63, 3.8) is 0 Å². The number of rotatable bonds is 5. The lowest BCUT2D eigenvalue weighted by Gasteiger charge is -2.17. The van der Waals surface area contributed by atoms with Gasteiger partial charge in [-0.2, -0.15) is 0 Å². The second-order valence-electron chi connectivity index (χ2n) is 3.70. The first-order valence-corrected chi connectivity index (χ1v) is 4.92. The van der Waals surface area contributed by atoms with Crippen molar-refractivity contribution in [3.05, 3.63) is 28.4 Å². The minimum Gasteiger partial charge on any atom is -0.478 e. The highest BCUT2D eigenvalue weighted by Crippen LogP contribution is 2.25. The van der Waals surface area contributed by atoms with Crippen molar-refractivity contribution in [3.8, 4) is 5.75 Å². The molecule has 0 spiro atoms. The average Bonchev–Trinajstić information content (AvgIpc) is 2.25. The molecule has 1 unspecified atom stereocenters. The van der Waals surface area contributed by atoms with Crippen LogP contribution in [0.1, 0.15) is 13.8 Å². The Morgan fingerprint density at radius 3 is 2.71 bits per heavy atom. The standard InChI is InChI=1S/C10H12N2O5/c1-6(2)8(10(13)14)17-7-4-3-5-11-9(7)12(15)16/h3-6,8H,1-2H3,(H,13,14). The van der Waals surface area contributed by atoms with E-state index in [9.17, 15) is 14.9 Å². The Hall–Kier alpha value is -2.18. The van der Waals surface area contributed by atoms with Crippen LogP contribution < -0.4 is 4.74 Å². The highest BCUT2D eigenvalue weighted by atomic mass is 16.6. The first-order valence-electron chi connectivity index (χ1n) is 4.92. The molecule has 1 N–H and O–H groups in total. The summed E-state index contributed by atoms with van der Waals surface area (Å²) in [5, 5.41) is 19.6. The minimum atomic E-state index is -1.17. The highest BCUT2D eigenvalue weighted by molar-refractivity contribution is 5.73. The van der Waals surface area contributed by atoms with Crippen LogP contribution in [0.5, 0.6) is 5.75 Å². The maximum atomic E-state index is 10.9. The van der Waals surface area contributed by atoms with Crippen LogP contribution in [0, 0.1) is 16.0 Å². The Bertz CT molecular complexity index is 432. The van der Waals surface area contributed by atoms with E-state index in [4.69, 9.17) is 9.84 Å². The molecule has 1 rings (SSSR count). The number of hydrogen-bond acceptors (Lipinski definition) is 5. The first kappa shape index (κ1) is 12.9. The number of nitrogens with zero attached hydrogens (tertiary/aromatic N) is 2. The average molecular weight is 240 g/mol. The van der Waals surface area contributed by atoms with Crippen LogP contribution in [-0.2, 0) is 4.79 Å². The number of pyridine rings is 1. The van der Waals surface area contributed by atoms with E-state index in [1.807, 2.05) is 0 Å². The van der Waals surface area contributed by atoms with Crippen LogP contribution in [-0.4, -0.2) is 27.1 Å². The molecule has 0 aliphatic rings. The van der Waals surface area contributed by atoms with Gasteiger partial charge in [0.15, 0.2) is 6.10 Å². The maximum absolute atomic E-state index is 10.9. The number of nitro groups is 1. The Balaban J connectivity index is 3.01. The monoisotopic (exact) mass is 240 g/mol. The third kappa shape index (κ3) is 3.13. The molecule has 0 aliphatic heterocycles. The van der Waals surface area contributed by atoms with Gasteiger partial charge < -0.3 is 20.0 Å². The lowest BCUT2D eigenvalue weighted by atomic mass is 10.1. The summed E-state index contributed by atoms with van der Waals surface area (Å²) in [5.41, 5.74) is 0. The van der Waals surface area contributed by atoms with E-state index >= 15 is 0 Å². The van der Waals surface area contributed by atoms with Gasteiger partial charge in [0.05, 0.1) is 0 Å². The summed E-state index contributed by atoms with van der Waals surface area (Å²) in [6.07, 6.45) is 0.105. The number of ether oxygens (including phenoxy) is 1. The topological polar surface area (TPSA) is 103 Å². The Morgan fingerprint density at radius 1 is 1.59 bits per heavy atom. The zero-order valence-electron chi connectivity index (χ0n) is 9.36. The molecule has 1 aromatic rings. The van der Waals surface area contributed by atoms with Crippen LogP contribution in [0.15, 0.2) is 18.3 Å². The zero-order chi connectivity index (χ0) is 13.0. The van der Waals surface area contributed by atoms with Crippen LogP contribution >= 0.6 is 0 Å². The van der Waals surface area contributed by atoms with Gasteiger partial charge in [-0.3, -0.25) is 0 Å². The van der Waals surface area contributed by atoms with Gasteiger partial charge in [0.1, 0.15) is 6.20 Å². The molecule has 0 saturated heterocycles. The fraction of sp³-hybridized carbons (Fsp3) is 0.400. The Kier molecular flexibility index (Phi) is 3.97. The van der Waals surface area contributed by atoms with E-state index in [1.165, 1.54) is 18.3 Å². The van der Waals surface area contributed by atoms with Gasteiger partial charge in [-0.15, -0.1) is 0 Å². The molecule has 1 heterocycles. The van der Waals surface area contributed by atoms with Crippen molar-refractivity contribution >= 4 is 11.8 Å². The molecular formula is C10H12N2O5. The van der Waals surface area contributed by atoms with E-state index in [1.54, 1.807) is 13.8 Å². The van der Waals surface area contributed by atoms with E-state index in [2.05, 4.69) is 4.98 Å². The van der Waals surface area contributed by atoms with E-state index in [0.29, 0.717) is 0 Å². The van der Waals surface area contributed by atoms with Crippen LogP contribution in [0.3, 0.4) is 0 Å². The van der Waals surface area contributed by atoms with Crippen molar-refractivity contribution in [1.82, 2.24) is 4.98 Å². The van der Waals surface area contributed by atoms with Gasteiger partial charge in [0, 0.05) is 5.92 Å². The van der Waals surface area contributed by atoms with Crippen molar-refractivity contribution < 1.29 is 19.6 Å². The van der Waals surface area contributed by atoms with E-state index in [0.717, 1.165) is 0 Å². The second kappa shape index (κ2) is 5.24. The number of hydrogen-bond donors (Lipinski definition) is 1. The van der Waals surface area contributed by atoms with Crippen molar-refractivity contribution in [1.29, 1.82) is 0 Å². The van der Waals surface area contributed by atoms with Crippen molar-refractivity contribution in [2.24, 2.45) is 5.92 Å². The van der Waals surface area contributed by atoms with E-state index in [-0.39, 0.29) is 11.7 Å². The quantitative estimate of drug-likeness (QED) is 0.617. The molecule has 7 heteroatoms. The smallest absolute Gasteiger partial charge is 0.406 e. The number of carboxylic acid groups (broad SMARTS) is 1. The predicted molar refractivity (Wildman–Crippen MR) is 57.8 cm³/mol. The molecule has 0 aliphatic carbocycles. The van der Waals surface area contributed by atoms with Gasteiger partial charge in [0.25, 0.3) is 0 Å². The fourth-order valence-electron chi connectivity index (χ4n) is 1.22. The molecule has 0 radical (unpaired) electrons. The van der Waals surface area contributed by atoms with Crippen molar-refractivity contribution in [2.45, 2.75) is 20.0 Å². The Labute approximate surface area is 97.2 Å². The summed E-state index contributed by atoms with van der Waals surface area (Å²) in [6, 6.07) is 2.77. The van der Waals surface area contributed by atoms with Gasteiger partial charge in [0.2, 0.25) is 5.75 Å². The maximum Gasteiger partial charge on any atom is 0.406 e. The summed E-state index contributed by atoms with van der Waals surface area (Å²) in [7, 11) is 0. The molecule has 1 atom stereocenters. The zero-order valence-corrected chi connectivity index (χ0v) is 9.36. The third-order valence-corrected chi connectivity index (χ3v) is 2.03. The fourth-order valence-corrected chi connectivity index (χ4v) is 1.22. The third-order valence-electron chi connectivity index (χ3n) is 2.03.